The zero-order valence-corrected chi connectivity index (χ0v) is 19.2. The van der Waals surface area contributed by atoms with Crippen LogP contribution in [0.4, 0.5) is 0 Å². The molecule has 0 bridgehead atoms. The Kier molecular flexibility index (Phi) is 5.63. The standard InChI is InChI=1S/C21H18NO2SSe2/c1-3-22-15-6-4-5-7-17(15)27-20(22)13-9-14-8-10-16(25-14)18-11-12-19(26-18)21(23)24-2/h4-13H,3H2,1-2H3/q+1/b13-9+. The molecule has 6 heteroatoms. The molecule has 0 spiro atoms. The Morgan fingerprint density at radius 3 is 2.78 bits per heavy atom. The normalized spacial score (nSPS) is 11.5. The molecule has 27 heavy (non-hydrogen) atoms. The molecule has 3 nitrogen and oxygen atoms in total. The molecule has 0 unspecified atom stereocenters. The zero-order chi connectivity index (χ0) is 18.8. The average Bonchev–Trinajstić information content (AvgIpc) is 3.42. The van der Waals surface area contributed by atoms with Crippen molar-refractivity contribution in [3.8, 4) is 9.31 Å². The van der Waals surface area contributed by atoms with E-state index in [1.807, 2.05) is 6.07 Å². The molecule has 0 N–H and O–H groups in total. The molecule has 0 fully saturated rings. The zero-order valence-electron chi connectivity index (χ0n) is 15.0. The summed E-state index contributed by atoms with van der Waals surface area (Å²) in [5, 5.41) is 0. The maximum atomic E-state index is 11.7. The molecule has 0 saturated heterocycles. The van der Waals surface area contributed by atoms with Gasteiger partial charge in [-0.1, -0.05) is 0 Å². The third-order valence-corrected chi connectivity index (χ3v) is 10.3. The molecule has 4 aromatic rings. The number of ether oxygens (including phenoxy) is 1. The predicted molar refractivity (Wildman–Crippen MR) is 114 cm³/mol. The van der Waals surface area contributed by atoms with Crippen LogP contribution < -0.4 is 4.57 Å². The van der Waals surface area contributed by atoms with Gasteiger partial charge in [-0.3, -0.25) is 0 Å². The van der Waals surface area contributed by atoms with Crippen LogP contribution in [0.5, 0.6) is 0 Å². The van der Waals surface area contributed by atoms with Gasteiger partial charge in [0.2, 0.25) is 0 Å². The average molecular weight is 506 g/mol. The number of methoxy groups -OCH3 is 1. The number of hydrogen-bond acceptors (Lipinski definition) is 3. The second-order valence-corrected chi connectivity index (χ2v) is 11.5. The molecule has 3 aromatic heterocycles. The molecule has 0 saturated carbocycles. The topological polar surface area (TPSA) is 30.2 Å². The molecule has 0 atom stereocenters. The predicted octanol–water partition coefficient (Wildman–Crippen LogP) is 3.95. The first-order chi connectivity index (χ1) is 13.2. The molecule has 0 radical (unpaired) electrons. The summed E-state index contributed by atoms with van der Waals surface area (Å²) >= 11 is 2.17. The number of fused-ring (bicyclic) bond motifs is 1. The Labute approximate surface area is 174 Å². The molecule has 0 aliphatic heterocycles. The molecule has 4 rings (SSSR count). The fraction of sp³-hybridized carbons (Fsp3) is 0.143. The van der Waals surface area contributed by atoms with E-state index in [1.54, 1.807) is 11.3 Å². The monoisotopic (exact) mass is 508 g/mol. The number of aryl methyl sites for hydroxylation is 1. The van der Waals surface area contributed by atoms with Crippen LogP contribution in [-0.2, 0) is 11.3 Å². The Morgan fingerprint density at radius 2 is 1.96 bits per heavy atom. The summed E-state index contributed by atoms with van der Waals surface area (Å²) in [7, 11) is 1.44. The van der Waals surface area contributed by atoms with E-state index in [1.165, 1.54) is 35.6 Å². The van der Waals surface area contributed by atoms with Crippen LogP contribution in [0, 0.1) is 0 Å². The van der Waals surface area contributed by atoms with Crippen molar-refractivity contribution in [2.24, 2.45) is 0 Å². The van der Waals surface area contributed by atoms with E-state index in [2.05, 4.69) is 66.1 Å². The van der Waals surface area contributed by atoms with Crippen molar-refractivity contribution in [1.29, 1.82) is 0 Å². The van der Waals surface area contributed by atoms with Gasteiger partial charge in [0.05, 0.1) is 0 Å². The van der Waals surface area contributed by atoms with Crippen molar-refractivity contribution in [1.82, 2.24) is 0 Å². The van der Waals surface area contributed by atoms with Gasteiger partial charge in [-0.2, -0.15) is 0 Å². The number of benzene rings is 1. The second-order valence-electron chi connectivity index (χ2n) is 5.84. The fourth-order valence-electron chi connectivity index (χ4n) is 2.91. The molecule has 3 heterocycles. The van der Waals surface area contributed by atoms with E-state index in [9.17, 15) is 4.79 Å². The summed E-state index contributed by atoms with van der Waals surface area (Å²) in [5.41, 5.74) is 1.35. The Hall–Kier alpha value is -1.68. The molecule has 0 amide bonds. The van der Waals surface area contributed by atoms with E-state index < -0.39 is 0 Å². The maximum absolute atomic E-state index is 11.7. The van der Waals surface area contributed by atoms with Crippen LogP contribution in [0.25, 0.3) is 31.2 Å². The summed E-state index contributed by atoms with van der Waals surface area (Å²) in [4.78, 5) is 14.2. The van der Waals surface area contributed by atoms with Crippen LogP contribution in [0.3, 0.4) is 0 Å². The first-order valence-corrected chi connectivity index (χ1v) is 12.8. The van der Waals surface area contributed by atoms with Gasteiger partial charge in [-0.05, 0) is 0 Å². The van der Waals surface area contributed by atoms with Gasteiger partial charge in [0.25, 0.3) is 0 Å². The van der Waals surface area contributed by atoms with Gasteiger partial charge in [-0.25, -0.2) is 0 Å². The van der Waals surface area contributed by atoms with Crippen molar-refractivity contribution in [3.05, 3.63) is 62.4 Å². The van der Waals surface area contributed by atoms with Gasteiger partial charge in [0, 0.05) is 0 Å². The van der Waals surface area contributed by atoms with Crippen molar-refractivity contribution in [3.63, 3.8) is 0 Å². The van der Waals surface area contributed by atoms with Gasteiger partial charge in [-0.15, -0.1) is 0 Å². The summed E-state index contributed by atoms with van der Waals surface area (Å²) < 4.78 is 12.1. The first kappa shape index (κ1) is 18.7. The fourth-order valence-corrected chi connectivity index (χ4v) is 8.36. The van der Waals surface area contributed by atoms with E-state index in [4.69, 9.17) is 4.74 Å². The number of para-hydroxylation sites is 1. The molecular formula is C21H18NO2SSe2+. The number of carbonyl (C=O) groups is 1. The third kappa shape index (κ3) is 3.82. The quantitative estimate of drug-likeness (QED) is 0.233. The van der Waals surface area contributed by atoms with Crippen molar-refractivity contribution >= 4 is 68.2 Å². The number of thiophene rings is 1. The number of esters is 1. The van der Waals surface area contributed by atoms with Gasteiger partial charge in [0.15, 0.2) is 0 Å². The van der Waals surface area contributed by atoms with Crippen LogP contribution in [-0.4, -0.2) is 42.1 Å². The molecular weight excluding hydrogens is 488 g/mol. The molecule has 0 aliphatic rings. The van der Waals surface area contributed by atoms with E-state index in [0.717, 1.165) is 11.0 Å². The molecule has 1 aromatic carbocycles. The minimum absolute atomic E-state index is 0.0307. The summed E-state index contributed by atoms with van der Waals surface area (Å²) in [6.45, 7) is 3.20. The van der Waals surface area contributed by atoms with Gasteiger partial charge >= 0.3 is 175 Å². The van der Waals surface area contributed by atoms with Crippen molar-refractivity contribution in [2.45, 2.75) is 13.5 Å². The second kappa shape index (κ2) is 8.13. The SMILES string of the molecule is CC[n+]1c(/C=C/c2ccc(-c3ccc(C(=O)OC)[se]3)s2)[se]c2ccccc21. The van der Waals surface area contributed by atoms with Crippen LogP contribution in [0.1, 0.15) is 25.6 Å². The summed E-state index contributed by atoms with van der Waals surface area (Å²) in [6, 6.07) is 17.0. The van der Waals surface area contributed by atoms with Crippen molar-refractivity contribution in [2.75, 3.05) is 7.11 Å². The van der Waals surface area contributed by atoms with E-state index in [-0.39, 0.29) is 20.5 Å². The minimum atomic E-state index is -0.211. The van der Waals surface area contributed by atoms with E-state index >= 15 is 0 Å². The molecule has 136 valence electrons. The Balaban J connectivity index is 1.59. The van der Waals surface area contributed by atoms with Crippen molar-refractivity contribution < 1.29 is 14.1 Å². The van der Waals surface area contributed by atoms with Gasteiger partial charge in [0.1, 0.15) is 0 Å². The van der Waals surface area contributed by atoms with E-state index in [0.29, 0.717) is 14.5 Å². The van der Waals surface area contributed by atoms with Gasteiger partial charge < -0.3 is 0 Å². The first-order valence-electron chi connectivity index (χ1n) is 8.57. The van der Waals surface area contributed by atoms with Crippen LogP contribution in [0.15, 0.2) is 48.5 Å². The Bertz CT molecular complexity index is 1140. The Morgan fingerprint density at radius 1 is 1.11 bits per heavy atom. The number of hydrogen-bond donors (Lipinski definition) is 0. The molecule has 0 aliphatic carbocycles. The number of nitrogens with zero attached hydrogens (tertiary/aromatic N) is 1. The number of rotatable bonds is 5. The number of aromatic nitrogens is 1. The third-order valence-electron chi connectivity index (χ3n) is 4.21. The summed E-state index contributed by atoms with van der Waals surface area (Å²) in [5.74, 6) is -0.211. The van der Waals surface area contributed by atoms with Crippen LogP contribution in [0.2, 0.25) is 0 Å². The van der Waals surface area contributed by atoms with Crippen LogP contribution >= 0.6 is 11.3 Å². The summed E-state index contributed by atoms with van der Waals surface area (Å²) in [6.07, 6.45) is 4.49. The number of carbonyl (C=O) groups excluding carboxylic acids is 1.